The van der Waals surface area contributed by atoms with Crippen LogP contribution in [-0.4, -0.2) is 53.7 Å². The molecule has 7 nitrogen and oxygen atoms in total. The number of ether oxygens (including phenoxy) is 2. The van der Waals surface area contributed by atoms with Crippen molar-refractivity contribution in [3.63, 3.8) is 0 Å². The number of amides is 1. The minimum Gasteiger partial charge on any atom is -0.454 e. The predicted octanol–water partition coefficient (Wildman–Crippen LogP) is 4.85. The summed E-state index contributed by atoms with van der Waals surface area (Å²) in [5.41, 5.74) is 2.13. The average molecular weight is 493 g/mol. The maximum atomic E-state index is 13.2. The first-order chi connectivity index (χ1) is 17.1. The van der Waals surface area contributed by atoms with Crippen LogP contribution >= 0.6 is 11.3 Å². The second-order valence-corrected chi connectivity index (χ2v) is 11.2. The summed E-state index contributed by atoms with van der Waals surface area (Å²) in [7, 11) is 0. The smallest absolute Gasteiger partial charge is 0.254 e. The van der Waals surface area contributed by atoms with E-state index in [1.54, 1.807) is 6.07 Å². The van der Waals surface area contributed by atoms with Crippen LogP contribution in [0.25, 0.3) is 10.2 Å². The highest BCUT2D eigenvalue weighted by Crippen LogP contribution is 2.40. The molecule has 0 spiro atoms. The standard InChI is InChI=1S/C27H32N4O3S/c1-17(2)14-23-28-25(24-19-6-4-3-5-7-22(19)35-26(24)29-23)30-10-12-31(13-11-30)27(32)18-8-9-20-21(15-18)34-16-33-20/h8-9,15,17H,3-7,10-14,16H2,1-2H3. The van der Waals surface area contributed by atoms with Crippen molar-refractivity contribution in [3.8, 4) is 11.5 Å². The van der Waals surface area contributed by atoms with E-state index in [9.17, 15) is 4.79 Å². The van der Waals surface area contributed by atoms with E-state index in [1.165, 1.54) is 35.1 Å². The lowest BCUT2D eigenvalue weighted by molar-refractivity contribution is 0.0746. The number of anilines is 1. The SMILES string of the molecule is CC(C)Cc1nc(N2CCN(C(=O)c3ccc4c(c3)OCO4)CC2)c2c3c(sc2n1)CCCCC3. The van der Waals surface area contributed by atoms with Crippen LogP contribution in [0.4, 0.5) is 5.82 Å². The first-order valence-corrected chi connectivity index (χ1v) is 13.6. The highest BCUT2D eigenvalue weighted by Gasteiger charge is 2.28. The summed E-state index contributed by atoms with van der Waals surface area (Å²) in [4.78, 5) is 30.3. The van der Waals surface area contributed by atoms with Crippen LogP contribution in [0.5, 0.6) is 11.5 Å². The number of rotatable bonds is 4. The van der Waals surface area contributed by atoms with Gasteiger partial charge in [0.15, 0.2) is 11.5 Å². The zero-order valence-electron chi connectivity index (χ0n) is 20.5. The number of piperazine rings is 1. The third-order valence-corrected chi connectivity index (χ3v) is 8.35. The van der Waals surface area contributed by atoms with Crippen molar-refractivity contribution < 1.29 is 14.3 Å². The normalized spacial score (nSPS) is 17.7. The summed E-state index contributed by atoms with van der Waals surface area (Å²) >= 11 is 1.88. The molecule has 2 aliphatic heterocycles. The highest BCUT2D eigenvalue weighted by molar-refractivity contribution is 7.19. The summed E-state index contributed by atoms with van der Waals surface area (Å²) in [5.74, 6) is 3.92. The van der Waals surface area contributed by atoms with Crippen LogP contribution < -0.4 is 14.4 Å². The number of thiophene rings is 1. The van der Waals surface area contributed by atoms with E-state index < -0.39 is 0 Å². The Kier molecular flexibility index (Phi) is 6.00. The number of nitrogens with zero attached hydrogens (tertiary/aromatic N) is 4. The molecule has 0 saturated carbocycles. The van der Waals surface area contributed by atoms with Crippen molar-refractivity contribution in [1.82, 2.24) is 14.9 Å². The summed E-state index contributed by atoms with van der Waals surface area (Å²) < 4.78 is 10.8. The average Bonchev–Trinajstić information content (AvgIpc) is 3.39. The second-order valence-electron chi connectivity index (χ2n) is 10.2. The second kappa shape index (κ2) is 9.30. The summed E-state index contributed by atoms with van der Waals surface area (Å²) in [6.07, 6.45) is 6.97. The number of fused-ring (bicyclic) bond motifs is 4. The van der Waals surface area contributed by atoms with Gasteiger partial charge in [-0.25, -0.2) is 9.97 Å². The fourth-order valence-electron chi connectivity index (χ4n) is 5.38. The Morgan fingerprint density at radius 2 is 1.83 bits per heavy atom. The minimum absolute atomic E-state index is 0.0423. The van der Waals surface area contributed by atoms with Gasteiger partial charge in [-0.3, -0.25) is 4.79 Å². The fourth-order valence-corrected chi connectivity index (χ4v) is 6.65. The molecule has 184 valence electrons. The molecular weight excluding hydrogens is 460 g/mol. The maximum absolute atomic E-state index is 13.2. The monoisotopic (exact) mass is 492 g/mol. The van der Waals surface area contributed by atoms with Gasteiger partial charge in [0, 0.05) is 43.0 Å². The number of carbonyl (C=O) groups is 1. The molecule has 3 aliphatic rings. The molecule has 0 N–H and O–H groups in total. The third-order valence-electron chi connectivity index (χ3n) is 7.17. The number of carbonyl (C=O) groups excluding carboxylic acids is 1. The Morgan fingerprint density at radius 1 is 1.03 bits per heavy atom. The van der Waals surface area contributed by atoms with Crippen molar-refractivity contribution in [2.24, 2.45) is 5.92 Å². The van der Waals surface area contributed by atoms with Gasteiger partial charge < -0.3 is 19.3 Å². The number of benzene rings is 1. The molecule has 1 saturated heterocycles. The summed E-state index contributed by atoms with van der Waals surface area (Å²) in [6.45, 7) is 7.54. The molecule has 3 aromatic rings. The topological polar surface area (TPSA) is 67.8 Å². The van der Waals surface area contributed by atoms with Gasteiger partial charge in [-0.15, -0.1) is 11.3 Å². The van der Waals surface area contributed by atoms with Crippen molar-refractivity contribution >= 4 is 33.3 Å². The molecule has 1 aliphatic carbocycles. The van der Waals surface area contributed by atoms with Gasteiger partial charge in [0.1, 0.15) is 16.5 Å². The lowest BCUT2D eigenvalue weighted by atomic mass is 10.1. The number of hydrogen-bond acceptors (Lipinski definition) is 7. The number of aromatic nitrogens is 2. The molecule has 8 heteroatoms. The molecule has 35 heavy (non-hydrogen) atoms. The number of aryl methyl sites for hydroxylation is 2. The summed E-state index contributed by atoms with van der Waals surface area (Å²) in [6, 6.07) is 5.45. The first-order valence-electron chi connectivity index (χ1n) is 12.8. The molecule has 1 amide bonds. The Hall–Kier alpha value is -2.87. The fraction of sp³-hybridized carbons (Fsp3) is 0.519. The van der Waals surface area contributed by atoms with Crippen LogP contribution in [0.1, 0.15) is 59.7 Å². The van der Waals surface area contributed by atoms with Crippen molar-refractivity contribution in [2.45, 2.75) is 52.4 Å². The van der Waals surface area contributed by atoms with Crippen LogP contribution in [0.2, 0.25) is 0 Å². The Bertz CT molecular complexity index is 1260. The van der Waals surface area contributed by atoms with Crippen LogP contribution in [0.15, 0.2) is 18.2 Å². The zero-order valence-corrected chi connectivity index (χ0v) is 21.3. The summed E-state index contributed by atoms with van der Waals surface area (Å²) in [5, 5.41) is 1.27. The number of hydrogen-bond donors (Lipinski definition) is 0. The van der Waals surface area contributed by atoms with Crippen LogP contribution in [0, 0.1) is 5.92 Å². The molecule has 1 aromatic carbocycles. The molecule has 0 radical (unpaired) electrons. The van der Waals surface area contributed by atoms with E-state index in [-0.39, 0.29) is 12.7 Å². The molecule has 6 rings (SSSR count). The van der Waals surface area contributed by atoms with E-state index in [0.29, 0.717) is 36.1 Å². The maximum Gasteiger partial charge on any atom is 0.254 e. The van der Waals surface area contributed by atoms with Gasteiger partial charge in [-0.05, 0) is 55.4 Å². The van der Waals surface area contributed by atoms with E-state index in [2.05, 4.69) is 18.7 Å². The molecular formula is C27H32N4O3S. The lowest BCUT2D eigenvalue weighted by Gasteiger charge is -2.36. The van der Waals surface area contributed by atoms with Crippen LogP contribution in [-0.2, 0) is 19.3 Å². The molecule has 0 bridgehead atoms. The predicted molar refractivity (Wildman–Crippen MR) is 138 cm³/mol. The van der Waals surface area contributed by atoms with E-state index in [0.717, 1.165) is 48.8 Å². The quantitative estimate of drug-likeness (QED) is 0.485. The van der Waals surface area contributed by atoms with E-state index in [4.69, 9.17) is 19.4 Å². The molecule has 0 atom stereocenters. The molecule has 4 heterocycles. The Balaban J connectivity index is 1.27. The largest absolute Gasteiger partial charge is 0.454 e. The van der Waals surface area contributed by atoms with Gasteiger partial charge >= 0.3 is 0 Å². The third kappa shape index (κ3) is 4.33. The van der Waals surface area contributed by atoms with Gasteiger partial charge in [0.05, 0.1) is 5.39 Å². The van der Waals surface area contributed by atoms with E-state index in [1.807, 2.05) is 28.4 Å². The van der Waals surface area contributed by atoms with E-state index >= 15 is 0 Å². The molecule has 1 fully saturated rings. The molecule has 2 aromatic heterocycles. The Morgan fingerprint density at radius 3 is 2.66 bits per heavy atom. The zero-order chi connectivity index (χ0) is 23.9. The lowest BCUT2D eigenvalue weighted by Crippen LogP contribution is -2.49. The van der Waals surface area contributed by atoms with Gasteiger partial charge in [-0.2, -0.15) is 0 Å². The van der Waals surface area contributed by atoms with Crippen LogP contribution in [0.3, 0.4) is 0 Å². The highest BCUT2D eigenvalue weighted by atomic mass is 32.1. The molecule has 0 unspecified atom stereocenters. The van der Waals surface area contributed by atoms with Crippen molar-refractivity contribution in [2.75, 3.05) is 37.9 Å². The van der Waals surface area contributed by atoms with Crippen molar-refractivity contribution in [3.05, 3.63) is 40.0 Å². The minimum atomic E-state index is 0.0423. The van der Waals surface area contributed by atoms with Crippen molar-refractivity contribution in [1.29, 1.82) is 0 Å². The van der Waals surface area contributed by atoms with Gasteiger partial charge in [-0.1, -0.05) is 20.3 Å². The van der Waals surface area contributed by atoms with Gasteiger partial charge in [0.2, 0.25) is 6.79 Å². The first kappa shape index (κ1) is 22.6. The van der Waals surface area contributed by atoms with Gasteiger partial charge in [0.25, 0.3) is 5.91 Å². The Labute approximate surface area is 210 Å².